The van der Waals surface area contributed by atoms with Crippen LogP contribution in [-0.4, -0.2) is 63.2 Å². The van der Waals surface area contributed by atoms with Crippen LogP contribution in [0.1, 0.15) is 45.4 Å². The molecule has 0 bridgehead atoms. The number of likely N-dealkylation sites (N-methyl/N-ethyl adjacent to an activating group) is 1. The number of ketones is 1. The van der Waals surface area contributed by atoms with E-state index in [-0.39, 0.29) is 17.9 Å². The third kappa shape index (κ3) is 11.8. The third-order valence-electron chi connectivity index (χ3n) is 5.47. The summed E-state index contributed by atoms with van der Waals surface area (Å²) in [6.45, 7) is 3.64. The second kappa shape index (κ2) is 14.4. The number of unbranched alkanes of at least 4 members (excludes halogenated alkanes) is 4. The zero-order chi connectivity index (χ0) is 24.8. The molecule has 0 aliphatic rings. The summed E-state index contributed by atoms with van der Waals surface area (Å²) < 4.78 is 6.56. The maximum absolute atomic E-state index is 12.2. The Bertz CT molecular complexity index is 861. The Morgan fingerprint density at radius 2 is 1.47 bits per heavy atom. The number of hydrogen-bond acceptors (Lipinski definition) is 3. The van der Waals surface area contributed by atoms with Gasteiger partial charge in [0.15, 0.2) is 0 Å². The minimum absolute atomic E-state index is 0.0897. The molecule has 2 N–H and O–H groups in total. The number of urea groups is 1. The first kappa shape index (κ1) is 27.4. The molecule has 34 heavy (non-hydrogen) atoms. The maximum Gasteiger partial charge on any atom is 0.315 e. The molecule has 0 unspecified atom stereocenters. The first-order valence-corrected chi connectivity index (χ1v) is 12.4. The molecular weight excluding hydrogens is 426 g/mol. The minimum Gasteiger partial charge on any atom is -0.494 e. The fourth-order valence-electron chi connectivity index (χ4n) is 3.93. The summed E-state index contributed by atoms with van der Waals surface area (Å²) in [5.74, 6) is 0.996. The number of nitrogens with zero attached hydrogens (tertiary/aromatic N) is 1. The number of Topliss-reactive ketones (excluding diaryl/α,β-unsaturated/α-hetero) is 1. The predicted molar refractivity (Wildman–Crippen MR) is 139 cm³/mol. The van der Waals surface area contributed by atoms with Crippen molar-refractivity contribution in [3.8, 4) is 16.9 Å². The summed E-state index contributed by atoms with van der Waals surface area (Å²) in [6.07, 6.45) is 5.63. The van der Waals surface area contributed by atoms with Gasteiger partial charge >= 0.3 is 6.03 Å². The number of carbonyl (C=O) groups is 2. The molecule has 0 fully saturated rings. The van der Waals surface area contributed by atoms with Crippen molar-refractivity contribution in [2.24, 2.45) is 0 Å². The Labute approximate surface area is 205 Å². The van der Waals surface area contributed by atoms with Crippen LogP contribution in [0.15, 0.2) is 54.6 Å². The van der Waals surface area contributed by atoms with E-state index in [4.69, 9.17) is 4.74 Å². The fraction of sp³-hybridized carbons (Fsp3) is 0.500. The van der Waals surface area contributed by atoms with Crippen LogP contribution in [0.5, 0.6) is 5.75 Å². The number of ether oxygens (including phenoxy) is 1. The van der Waals surface area contributed by atoms with E-state index in [0.29, 0.717) is 24.0 Å². The summed E-state index contributed by atoms with van der Waals surface area (Å²) in [5.41, 5.74) is 2.40. The predicted octanol–water partition coefficient (Wildman–Crippen LogP) is 5.04. The number of benzene rings is 2. The van der Waals surface area contributed by atoms with E-state index in [0.717, 1.165) is 44.5 Å². The van der Waals surface area contributed by atoms with Crippen molar-refractivity contribution in [2.75, 3.05) is 40.8 Å². The number of amides is 2. The molecule has 1 atom stereocenters. The van der Waals surface area contributed by atoms with E-state index in [9.17, 15) is 9.59 Å². The average molecular weight is 469 g/mol. The van der Waals surface area contributed by atoms with Gasteiger partial charge in [-0.25, -0.2) is 4.79 Å². The fourth-order valence-corrected chi connectivity index (χ4v) is 3.93. The highest BCUT2D eigenvalue weighted by Gasteiger charge is 2.21. The van der Waals surface area contributed by atoms with Crippen molar-refractivity contribution in [1.82, 2.24) is 10.6 Å². The molecule has 2 amide bonds. The Morgan fingerprint density at radius 1 is 0.853 bits per heavy atom. The van der Waals surface area contributed by atoms with Crippen LogP contribution in [0.3, 0.4) is 0 Å². The van der Waals surface area contributed by atoms with Crippen molar-refractivity contribution in [3.63, 3.8) is 0 Å². The lowest BCUT2D eigenvalue weighted by atomic mass is 10.1. The summed E-state index contributed by atoms with van der Waals surface area (Å²) in [5, 5.41) is 5.87. The summed E-state index contributed by atoms with van der Waals surface area (Å²) >= 11 is 0. The Kier molecular flexibility index (Phi) is 11.6. The summed E-state index contributed by atoms with van der Waals surface area (Å²) in [7, 11) is 6.16. The van der Waals surface area contributed by atoms with Gasteiger partial charge in [0.1, 0.15) is 11.5 Å². The first-order valence-electron chi connectivity index (χ1n) is 12.4. The third-order valence-corrected chi connectivity index (χ3v) is 5.47. The Hall–Kier alpha value is -2.86. The van der Waals surface area contributed by atoms with E-state index in [1.807, 2.05) is 30.3 Å². The van der Waals surface area contributed by atoms with Crippen molar-refractivity contribution in [3.05, 3.63) is 54.6 Å². The smallest absolute Gasteiger partial charge is 0.315 e. The monoisotopic (exact) mass is 468 g/mol. The highest BCUT2D eigenvalue weighted by Crippen LogP contribution is 2.22. The second-order valence-corrected chi connectivity index (χ2v) is 9.98. The molecule has 0 saturated heterocycles. The number of carbonyl (C=O) groups excluding carboxylic acids is 2. The van der Waals surface area contributed by atoms with Gasteiger partial charge in [-0.15, -0.1) is 0 Å². The molecule has 6 heteroatoms. The minimum atomic E-state index is -0.189. The first-order chi connectivity index (χ1) is 16.2. The van der Waals surface area contributed by atoms with Crippen LogP contribution < -0.4 is 15.4 Å². The molecule has 0 aliphatic carbocycles. The topological polar surface area (TPSA) is 67.4 Å². The molecule has 0 aromatic heterocycles. The van der Waals surface area contributed by atoms with Gasteiger partial charge in [0.25, 0.3) is 0 Å². The van der Waals surface area contributed by atoms with Gasteiger partial charge in [-0.3, -0.25) is 4.79 Å². The highest BCUT2D eigenvalue weighted by atomic mass is 16.5. The van der Waals surface area contributed by atoms with E-state index < -0.39 is 0 Å². The molecule has 0 spiro atoms. The molecule has 186 valence electrons. The average Bonchev–Trinajstić information content (AvgIpc) is 2.77. The van der Waals surface area contributed by atoms with Crippen molar-refractivity contribution < 1.29 is 18.8 Å². The van der Waals surface area contributed by atoms with Crippen molar-refractivity contribution >= 4 is 11.8 Å². The summed E-state index contributed by atoms with van der Waals surface area (Å²) in [4.78, 5) is 23.7. The van der Waals surface area contributed by atoms with Crippen LogP contribution in [0, 0.1) is 0 Å². The quantitative estimate of drug-likeness (QED) is 0.284. The lowest BCUT2D eigenvalue weighted by Crippen LogP contribution is -2.51. The zero-order valence-corrected chi connectivity index (χ0v) is 21.3. The second-order valence-electron chi connectivity index (χ2n) is 9.98. The van der Waals surface area contributed by atoms with Gasteiger partial charge in [-0.05, 0) is 43.0 Å². The Morgan fingerprint density at radius 3 is 2.12 bits per heavy atom. The van der Waals surface area contributed by atoms with Gasteiger partial charge < -0.3 is 19.9 Å². The largest absolute Gasteiger partial charge is 0.494 e. The van der Waals surface area contributed by atoms with Crippen molar-refractivity contribution in [2.45, 2.75) is 51.5 Å². The number of rotatable bonds is 15. The molecule has 2 aromatic carbocycles. The normalized spacial score (nSPS) is 12.1. The van der Waals surface area contributed by atoms with Gasteiger partial charge in [0, 0.05) is 13.0 Å². The lowest BCUT2D eigenvalue weighted by Gasteiger charge is -2.29. The molecular formula is C28H42N3O3+. The molecule has 2 aromatic rings. The molecule has 0 radical (unpaired) electrons. The molecule has 2 rings (SSSR count). The maximum atomic E-state index is 12.2. The van der Waals surface area contributed by atoms with Gasteiger partial charge in [-0.1, -0.05) is 61.7 Å². The van der Waals surface area contributed by atoms with Crippen molar-refractivity contribution in [1.29, 1.82) is 0 Å². The highest BCUT2D eigenvalue weighted by molar-refractivity contribution is 5.78. The molecule has 0 aliphatic heterocycles. The zero-order valence-electron chi connectivity index (χ0n) is 21.3. The van der Waals surface area contributed by atoms with Crippen LogP contribution in [0.4, 0.5) is 4.79 Å². The van der Waals surface area contributed by atoms with Crippen LogP contribution in [0.25, 0.3) is 11.1 Å². The van der Waals surface area contributed by atoms with Crippen LogP contribution in [-0.2, 0) is 4.79 Å². The Balaban J connectivity index is 1.52. The standard InChI is InChI=1S/C28H41N3O3/c1-23(32)21-26(22-31(2,3)4)30-28(33)29-19-11-6-5-7-12-20-34-27-17-15-25(16-18-27)24-13-9-8-10-14-24/h8-10,13-18,26H,5-7,11-12,19-22H2,1-4H3,(H-,29,30,33)/p+1/t26-/m1/s1. The summed E-state index contributed by atoms with van der Waals surface area (Å²) in [6, 6.07) is 18.2. The molecule has 0 saturated carbocycles. The van der Waals surface area contributed by atoms with Gasteiger partial charge in [-0.2, -0.15) is 0 Å². The molecule has 6 nitrogen and oxygen atoms in total. The SMILES string of the molecule is CC(=O)C[C@H](C[N+](C)(C)C)NC(=O)NCCCCCCCOc1ccc(-c2ccccc2)cc1. The number of quaternary nitrogens is 1. The lowest BCUT2D eigenvalue weighted by molar-refractivity contribution is -0.871. The van der Waals surface area contributed by atoms with Crippen LogP contribution >= 0.6 is 0 Å². The van der Waals surface area contributed by atoms with E-state index in [1.165, 1.54) is 11.1 Å². The molecule has 0 heterocycles. The number of hydrogen-bond donors (Lipinski definition) is 2. The van der Waals surface area contributed by atoms with E-state index in [2.05, 4.69) is 56.0 Å². The van der Waals surface area contributed by atoms with Gasteiger partial charge in [0.2, 0.25) is 0 Å². The number of nitrogens with one attached hydrogen (secondary N) is 2. The van der Waals surface area contributed by atoms with Gasteiger partial charge in [0.05, 0.1) is 40.3 Å². The van der Waals surface area contributed by atoms with E-state index >= 15 is 0 Å². The van der Waals surface area contributed by atoms with Crippen LogP contribution in [0.2, 0.25) is 0 Å². The van der Waals surface area contributed by atoms with E-state index in [1.54, 1.807) is 6.92 Å².